The molecule has 0 saturated heterocycles. The number of halogens is 2. The van der Waals surface area contributed by atoms with Gasteiger partial charge < -0.3 is 19.9 Å². The van der Waals surface area contributed by atoms with E-state index in [9.17, 15) is 24.3 Å². The Bertz CT molecular complexity index is 1280. The van der Waals surface area contributed by atoms with Crippen LogP contribution >= 0.6 is 23.2 Å². The highest BCUT2D eigenvalue weighted by atomic mass is 35.5. The third-order valence-corrected chi connectivity index (χ3v) is 5.38. The number of ether oxygens (including phenoxy) is 2. The standard InChI is InChI=1S/C25H19Cl2NO7/c1-14-7-6-8-15(13-14)28-22(29)20(34-24(32)16-9-2-4-11-18(16)26)21(23(30)31)35-25(33)17-10-3-5-12-19(17)27/h2-13,20-21H,1H3,(H,28,29)(H,30,31)/t20-,21-/m0/s1. The van der Waals surface area contributed by atoms with Crippen LogP contribution in [0.5, 0.6) is 0 Å². The molecule has 3 rings (SSSR count). The Hall–Kier alpha value is -3.88. The van der Waals surface area contributed by atoms with Crippen molar-refractivity contribution < 1.29 is 33.8 Å². The van der Waals surface area contributed by atoms with Gasteiger partial charge in [-0.25, -0.2) is 14.4 Å². The highest BCUT2D eigenvalue weighted by Gasteiger charge is 2.41. The van der Waals surface area contributed by atoms with Gasteiger partial charge in [0.2, 0.25) is 12.2 Å². The third kappa shape index (κ3) is 6.59. The summed E-state index contributed by atoms with van der Waals surface area (Å²) in [5.74, 6) is -4.96. The average Bonchev–Trinajstić information content (AvgIpc) is 2.81. The zero-order valence-corrected chi connectivity index (χ0v) is 19.7. The van der Waals surface area contributed by atoms with E-state index in [-0.39, 0.29) is 21.2 Å². The molecule has 180 valence electrons. The van der Waals surface area contributed by atoms with Gasteiger partial charge in [-0.3, -0.25) is 4.79 Å². The number of hydrogen-bond donors (Lipinski definition) is 2. The number of carboxylic acid groups (broad SMARTS) is 1. The van der Waals surface area contributed by atoms with Crippen LogP contribution in [0.2, 0.25) is 10.0 Å². The van der Waals surface area contributed by atoms with Crippen molar-refractivity contribution in [1.82, 2.24) is 0 Å². The molecule has 0 unspecified atom stereocenters. The van der Waals surface area contributed by atoms with E-state index in [0.29, 0.717) is 5.69 Å². The lowest BCUT2D eigenvalue weighted by Gasteiger charge is -2.24. The van der Waals surface area contributed by atoms with Crippen LogP contribution in [-0.4, -0.2) is 41.1 Å². The highest BCUT2D eigenvalue weighted by molar-refractivity contribution is 6.34. The molecule has 0 aromatic heterocycles. The Kier molecular flexibility index (Phi) is 8.46. The van der Waals surface area contributed by atoms with Crippen LogP contribution < -0.4 is 5.32 Å². The van der Waals surface area contributed by atoms with Gasteiger partial charge in [-0.2, -0.15) is 0 Å². The Morgan fingerprint density at radius 3 is 1.77 bits per heavy atom. The predicted octanol–water partition coefficient (Wildman–Crippen LogP) is 4.78. The minimum atomic E-state index is -2.20. The fraction of sp³-hybridized carbons (Fsp3) is 0.120. The number of nitrogens with one attached hydrogen (secondary N) is 1. The second-order valence-corrected chi connectivity index (χ2v) is 8.12. The number of esters is 2. The molecule has 0 aliphatic carbocycles. The molecule has 0 spiro atoms. The van der Waals surface area contributed by atoms with E-state index in [4.69, 9.17) is 32.7 Å². The van der Waals surface area contributed by atoms with Crippen molar-refractivity contribution in [3.8, 4) is 0 Å². The summed E-state index contributed by atoms with van der Waals surface area (Å²) >= 11 is 12.0. The number of amides is 1. The van der Waals surface area contributed by atoms with Crippen molar-refractivity contribution in [2.75, 3.05) is 5.32 Å². The van der Waals surface area contributed by atoms with Crippen LogP contribution in [0.25, 0.3) is 0 Å². The molecular formula is C25H19Cl2NO7. The number of aliphatic carboxylic acids is 1. The molecule has 1 amide bonds. The normalized spacial score (nSPS) is 12.2. The maximum atomic E-state index is 13.1. The lowest BCUT2D eigenvalue weighted by atomic mass is 10.1. The van der Waals surface area contributed by atoms with E-state index < -0.39 is 36.0 Å². The molecule has 2 N–H and O–H groups in total. The Morgan fingerprint density at radius 1 is 0.771 bits per heavy atom. The Morgan fingerprint density at radius 2 is 1.29 bits per heavy atom. The first kappa shape index (κ1) is 25.7. The maximum absolute atomic E-state index is 13.1. The number of benzene rings is 3. The number of anilines is 1. The number of carboxylic acids is 1. The van der Waals surface area contributed by atoms with Gasteiger partial charge in [0.15, 0.2) is 0 Å². The summed E-state index contributed by atoms with van der Waals surface area (Å²) < 4.78 is 10.3. The van der Waals surface area contributed by atoms with E-state index in [1.807, 2.05) is 0 Å². The molecule has 8 nitrogen and oxygen atoms in total. The second-order valence-electron chi connectivity index (χ2n) is 7.31. The number of rotatable bonds is 8. The summed E-state index contributed by atoms with van der Waals surface area (Å²) in [5.41, 5.74) is 0.891. The molecule has 3 aromatic carbocycles. The van der Waals surface area contributed by atoms with E-state index in [0.717, 1.165) is 5.56 Å². The van der Waals surface area contributed by atoms with Crippen LogP contribution in [-0.2, 0) is 19.1 Å². The van der Waals surface area contributed by atoms with Crippen LogP contribution in [0.4, 0.5) is 5.69 Å². The van der Waals surface area contributed by atoms with E-state index >= 15 is 0 Å². The lowest BCUT2D eigenvalue weighted by Crippen LogP contribution is -2.48. The van der Waals surface area contributed by atoms with E-state index in [1.54, 1.807) is 43.3 Å². The summed E-state index contributed by atoms with van der Waals surface area (Å²) in [6, 6.07) is 18.3. The highest BCUT2D eigenvalue weighted by Crippen LogP contribution is 2.22. The zero-order chi connectivity index (χ0) is 25.5. The molecular weight excluding hydrogens is 497 g/mol. The number of aryl methyl sites for hydroxylation is 1. The van der Waals surface area contributed by atoms with Crippen LogP contribution in [0.1, 0.15) is 26.3 Å². The van der Waals surface area contributed by atoms with Crippen LogP contribution in [0, 0.1) is 6.92 Å². The van der Waals surface area contributed by atoms with Gasteiger partial charge in [0, 0.05) is 5.69 Å². The first-order valence-corrected chi connectivity index (χ1v) is 10.9. The molecule has 0 saturated carbocycles. The summed E-state index contributed by atoms with van der Waals surface area (Å²) in [6.07, 6.45) is -4.27. The predicted molar refractivity (Wildman–Crippen MR) is 129 cm³/mol. The summed E-state index contributed by atoms with van der Waals surface area (Å²) in [7, 11) is 0. The Balaban J connectivity index is 1.94. The fourth-order valence-electron chi connectivity index (χ4n) is 3.04. The van der Waals surface area contributed by atoms with Crippen molar-refractivity contribution in [2.24, 2.45) is 0 Å². The maximum Gasteiger partial charge on any atom is 0.349 e. The van der Waals surface area contributed by atoms with Crippen molar-refractivity contribution >= 4 is 52.7 Å². The monoisotopic (exact) mass is 515 g/mol. The van der Waals surface area contributed by atoms with Crippen molar-refractivity contribution in [3.63, 3.8) is 0 Å². The first-order valence-electron chi connectivity index (χ1n) is 10.2. The van der Waals surface area contributed by atoms with Gasteiger partial charge in [-0.05, 0) is 48.9 Å². The van der Waals surface area contributed by atoms with Gasteiger partial charge in [0.25, 0.3) is 5.91 Å². The molecule has 35 heavy (non-hydrogen) atoms. The molecule has 0 fully saturated rings. The molecule has 0 heterocycles. The van der Waals surface area contributed by atoms with Gasteiger partial charge in [0.1, 0.15) is 0 Å². The van der Waals surface area contributed by atoms with Crippen molar-refractivity contribution in [1.29, 1.82) is 0 Å². The van der Waals surface area contributed by atoms with Crippen LogP contribution in [0.3, 0.4) is 0 Å². The molecule has 0 radical (unpaired) electrons. The Labute approximate surface area is 210 Å². The van der Waals surface area contributed by atoms with Crippen molar-refractivity contribution in [3.05, 3.63) is 99.5 Å². The minimum absolute atomic E-state index is 0.00969. The third-order valence-electron chi connectivity index (χ3n) is 4.72. The van der Waals surface area contributed by atoms with Gasteiger partial charge in [-0.15, -0.1) is 0 Å². The topological polar surface area (TPSA) is 119 Å². The minimum Gasteiger partial charge on any atom is -0.478 e. The molecule has 2 atom stereocenters. The molecule has 10 heteroatoms. The zero-order valence-electron chi connectivity index (χ0n) is 18.2. The average molecular weight is 516 g/mol. The van der Waals surface area contributed by atoms with E-state index in [1.165, 1.54) is 36.4 Å². The summed E-state index contributed by atoms with van der Waals surface area (Å²) in [4.78, 5) is 50.6. The van der Waals surface area contributed by atoms with Crippen molar-refractivity contribution in [2.45, 2.75) is 19.1 Å². The quantitative estimate of drug-likeness (QED) is 0.414. The molecule has 3 aromatic rings. The second kappa shape index (κ2) is 11.5. The number of hydrogen-bond acceptors (Lipinski definition) is 6. The largest absolute Gasteiger partial charge is 0.478 e. The number of carbonyl (C=O) groups excluding carboxylic acids is 3. The lowest BCUT2D eigenvalue weighted by molar-refractivity contribution is -0.157. The van der Waals surface area contributed by atoms with Gasteiger partial charge in [0.05, 0.1) is 21.2 Å². The molecule has 0 bridgehead atoms. The number of carbonyl (C=O) groups is 4. The summed E-state index contributed by atoms with van der Waals surface area (Å²) in [6.45, 7) is 1.79. The van der Waals surface area contributed by atoms with Crippen LogP contribution in [0.15, 0.2) is 72.8 Å². The smallest absolute Gasteiger partial charge is 0.349 e. The summed E-state index contributed by atoms with van der Waals surface area (Å²) in [5, 5.41) is 12.3. The molecule has 0 aliphatic rings. The van der Waals surface area contributed by atoms with Gasteiger partial charge in [-0.1, -0.05) is 59.6 Å². The fourth-order valence-corrected chi connectivity index (χ4v) is 3.47. The molecule has 0 aliphatic heterocycles. The van der Waals surface area contributed by atoms with Gasteiger partial charge >= 0.3 is 17.9 Å². The van der Waals surface area contributed by atoms with E-state index in [2.05, 4.69) is 5.32 Å². The SMILES string of the molecule is Cc1cccc(NC(=O)[C@@H](OC(=O)c2ccccc2Cl)[C@H](OC(=O)c2ccccc2Cl)C(=O)O)c1. The first-order chi connectivity index (χ1) is 16.7.